The van der Waals surface area contributed by atoms with Crippen LogP contribution in [-0.4, -0.2) is 25.9 Å². The van der Waals surface area contributed by atoms with E-state index in [4.69, 9.17) is 10.5 Å². The monoisotopic (exact) mass is 143 g/mol. The molecule has 1 heterocycles. The van der Waals surface area contributed by atoms with Crippen LogP contribution in [0.5, 0.6) is 0 Å². The predicted octanol–water partition coefficient (Wildman–Crippen LogP) is -0.0680. The lowest BCUT2D eigenvalue weighted by molar-refractivity contribution is 0.0339. The first-order valence-electron chi connectivity index (χ1n) is 3.81. The predicted molar refractivity (Wildman–Crippen MR) is 39.6 cm³/mol. The van der Waals surface area contributed by atoms with Gasteiger partial charge in [-0.05, 0) is 6.42 Å². The molecule has 1 rings (SSSR count). The van der Waals surface area contributed by atoms with E-state index in [9.17, 15) is 0 Å². The normalized spacial score (nSPS) is 30.0. The molecule has 0 aromatic heterocycles. The van der Waals surface area contributed by atoms with Gasteiger partial charge in [-0.3, -0.25) is 0 Å². The molecule has 2 unspecified atom stereocenters. The number of rotatable bonds is 2. The Morgan fingerprint density at radius 1 is 1.80 bits per heavy atom. The zero-order valence-corrected chi connectivity index (χ0v) is 6.42. The maximum Gasteiger partial charge on any atom is 0.112 e. The molecule has 1 radical (unpaired) electrons. The van der Waals surface area contributed by atoms with E-state index in [0.29, 0.717) is 12.6 Å². The van der Waals surface area contributed by atoms with Crippen molar-refractivity contribution < 1.29 is 4.74 Å². The Labute approximate surface area is 61.9 Å². The summed E-state index contributed by atoms with van der Waals surface area (Å²) < 4.78 is 5.16. The average molecular weight is 143 g/mol. The fourth-order valence-corrected chi connectivity index (χ4v) is 1.13. The molecule has 59 valence electrons. The highest BCUT2D eigenvalue weighted by molar-refractivity contribution is 4.74. The SMILES string of the molecule is CCC(N)C1C[N]COC1. The van der Waals surface area contributed by atoms with E-state index in [-0.39, 0.29) is 6.04 Å². The first kappa shape index (κ1) is 7.98. The first-order chi connectivity index (χ1) is 4.84. The molecule has 1 saturated heterocycles. The van der Waals surface area contributed by atoms with Crippen LogP contribution in [-0.2, 0) is 4.74 Å². The Hall–Kier alpha value is -0.120. The van der Waals surface area contributed by atoms with Crippen LogP contribution in [0, 0.1) is 5.92 Å². The van der Waals surface area contributed by atoms with Gasteiger partial charge in [-0.25, -0.2) is 5.32 Å². The molecule has 1 fully saturated rings. The molecule has 3 nitrogen and oxygen atoms in total. The lowest BCUT2D eigenvalue weighted by atomic mass is 9.99. The van der Waals surface area contributed by atoms with Crippen molar-refractivity contribution in [3.63, 3.8) is 0 Å². The highest BCUT2D eigenvalue weighted by atomic mass is 16.5. The van der Waals surface area contributed by atoms with Gasteiger partial charge in [0.1, 0.15) is 6.73 Å². The van der Waals surface area contributed by atoms with Crippen LogP contribution in [0.4, 0.5) is 0 Å². The van der Waals surface area contributed by atoms with Gasteiger partial charge >= 0.3 is 0 Å². The first-order valence-corrected chi connectivity index (χ1v) is 3.81. The molecular formula is C7H15N2O. The molecule has 0 amide bonds. The minimum atomic E-state index is 0.268. The number of nitrogens with two attached hydrogens (primary N) is 1. The number of ether oxygens (including phenoxy) is 1. The van der Waals surface area contributed by atoms with Crippen molar-refractivity contribution in [1.82, 2.24) is 5.32 Å². The Morgan fingerprint density at radius 2 is 2.60 bits per heavy atom. The minimum Gasteiger partial charge on any atom is -0.364 e. The van der Waals surface area contributed by atoms with Gasteiger partial charge in [0.2, 0.25) is 0 Å². The summed E-state index contributed by atoms with van der Waals surface area (Å²) in [6.07, 6.45) is 1.02. The molecule has 0 spiro atoms. The minimum absolute atomic E-state index is 0.268. The second-order valence-corrected chi connectivity index (χ2v) is 2.74. The molecule has 1 aliphatic rings. The largest absolute Gasteiger partial charge is 0.364 e. The summed E-state index contributed by atoms with van der Waals surface area (Å²) in [5, 5.41) is 4.13. The standard InChI is InChI=1S/C7H15N2O/c1-2-7(8)6-3-9-5-10-4-6/h6-7H,2-5,8H2,1H3. The fraction of sp³-hybridized carbons (Fsp3) is 1.00. The quantitative estimate of drug-likeness (QED) is 0.588. The van der Waals surface area contributed by atoms with Gasteiger partial charge in [-0.1, -0.05) is 6.92 Å². The van der Waals surface area contributed by atoms with E-state index >= 15 is 0 Å². The zero-order chi connectivity index (χ0) is 7.40. The molecule has 0 aromatic rings. The third-order valence-corrected chi connectivity index (χ3v) is 1.96. The zero-order valence-electron chi connectivity index (χ0n) is 6.42. The summed E-state index contributed by atoms with van der Waals surface area (Å²) in [7, 11) is 0. The van der Waals surface area contributed by atoms with Crippen LogP contribution in [0.25, 0.3) is 0 Å². The molecular weight excluding hydrogens is 128 g/mol. The van der Waals surface area contributed by atoms with Crippen LogP contribution < -0.4 is 11.1 Å². The maximum atomic E-state index is 5.81. The summed E-state index contributed by atoms with van der Waals surface area (Å²) in [6.45, 7) is 4.33. The molecule has 10 heavy (non-hydrogen) atoms. The second-order valence-electron chi connectivity index (χ2n) is 2.74. The molecule has 1 aliphatic heterocycles. The van der Waals surface area contributed by atoms with Crippen molar-refractivity contribution in [1.29, 1.82) is 0 Å². The van der Waals surface area contributed by atoms with E-state index in [2.05, 4.69) is 12.2 Å². The maximum absolute atomic E-state index is 5.81. The van der Waals surface area contributed by atoms with E-state index in [1.54, 1.807) is 0 Å². The van der Waals surface area contributed by atoms with Crippen LogP contribution in [0.2, 0.25) is 0 Å². The Kier molecular flexibility index (Phi) is 3.12. The van der Waals surface area contributed by atoms with Gasteiger partial charge in [0.25, 0.3) is 0 Å². The van der Waals surface area contributed by atoms with Gasteiger partial charge in [-0.2, -0.15) is 0 Å². The van der Waals surface area contributed by atoms with Crippen molar-refractivity contribution in [2.45, 2.75) is 19.4 Å². The van der Waals surface area contributed by atoms with Crippen molar-refractivity contribution in [2.24, 2.45) is 11.7 Å². The molecule has 0 aromatic carbocycles. The van der Waals surface area contributed by atoms with Crippen LogP contribution >= 0.6 is 0 Å². The van der Waals surface area contributed by atoms with Crippen molar-refractivity contribution in [3.05, 3.63) is 0 Å². The Bertz CT molecular complexity index is 91.6. The average Bonchev–Trinajstić information content (AvgIpc) is 2.05. The summed E-state index contributed by atoms with van der Waals surface area (Å²) in [4.78, 5) is 0. The summed E-state index contributed by atoms with van der Waals surface area (Å²) >= 11 is 0. The number of nitrogens with zero attached hydrogens (tertiary/aromatic N) is 1. The van der Waals surface area contributed by atoms with Crippen molar-refractivity contribution >= 4 is 0 Å². The van der Waals surface area contributed by atoms with Gasteiger partial charge in [0.05, 0.1) is 6.61 Å². The fourth-order valence-electron chi connectivity index (χ4n) is 1.13. The number of hydrogen-bond donors (Lipinski definition) is 1. The highest BCUT2D eigenvalue weighted by Crippen LogP contribution is 2.08. The highest BCUT2D eigenvalue weighted by Gasteiger charge is 2.19. The summed E-state index contributed by atoms with van der Waals surface area (Å²) in [5.41, 5.74) is 5.81. The van der Waals surface area contributed by atoms with E-state index in [0.717, 1.165) is 19.6 Å². The lowest BCUT2D eigenvalue weighted by Gasteiger charge is -2.26. The smallest absolute Gasteiger partial charge is 0.112 e. The van der Waals surface area contributed by atoms with E-state index in [1.807, 2.05) is 0 Å². The Balaban J connectivity index is 2.24. The van der Waals surface area contributed by atoms with Gasteiger partial charge in [-0.15, -0.1) is 0 Å². The third kappa shape index (κ3) is 1.94. The topological polar surface area (TPSA) is 49.4 Å². The van der Waals surface area contributed by atoms with Gasteiger partial charge < -0.3 is 10.5 Å². The number of hydrogen-bond acceptors (Lipinski definition) is 2. The lowest BCUT2D eigenvalue weighted by Crippen LogP contribution is -2.41. The summed E-state index contributed by atoms with van der Waals surface area (Å²) in [6, 6.07) is 0.268. The second kappa shape index (κ2) is 3.91. The molecule has 2 N–H and O–H groups in total. The van der Waals surface area contributed by atoms with Gasteiger partial charge in [0, 0.05) is 18.5 Å². The summed E-state index contributed by atoms with van der Waals surface area (Å²) in [5.74, 6) is 0.457. The van der Waals surface area contributed by atoms with Crippen LogP contribution in [0.3, 0.4) is 0 Å². The van der Waals surface area contributed by atoms with E-state index in [1.165, 1.54) is 0 Å². The molecule has 0 aliphatic carbocycles. The van der Waals surface area contributed by atoms with Crippen LogP contribution in [0.15, 0.2) is 0 Å². The Morgan fingerprint density at radius 3 is 3.10 bits per heavy atom. The molecule has 2 atom stereocenters. The van der Waals surface area contributed by atoms with Crippen molar-refractivity contribution in [2.75, 3.05) is 19.9 Å². The van der Waals surface area contributed by atoms with Crippen molar-refractivity contribution in [3.8, 4) is 0 Å². The molecule has 3 heteroatoms. The molecule has 0 saturated carbocycles. The van der Waals surface area contributed by atoms with Crippen LogP contribution in [0.1, 0.15) is 13.3 Å². The van der Waals surface area contributed by atoms with E-state index < -0.39 is 0 Å². The third-order valence-electron chi connectivity index (χ3n) is 1.96. The molecule has 0 bridgehead atoms. The van der Waals surface area contributed by atoms with Gasteiger partial charge in [0.15, 0.2) is 0 Å².